The number of carbonyl (C=O) groups excluding carboxylic acids is 2. The van der Waals surface area contributed by atoms with E-state index in [9.17, 15) is 9.59 Å². The number of aliphatic hydroxyl groups is 1. The molecule has 0 bridgehead atoms. The van der Waals surface area contributed by atoms with E-state index >= 15 is 0 Å². The summed E-state index contributed by atoms with van der Waals surface area (Å²) in [6, 6.07) is 6.92. The van der Waals surface area contributed by atoms with Crippen molar-refractivity contribution in [2.45, 2.75) is 58.8 Å². The SMILES string of the molecule is CCN(CCO)C(=O)c1ccc(-c2nc(COC3CCN(C(=O)OC(C)(C)C)CC3)no2)cc1. The topological polar surface area (TPSA) is 118 Å². The molecule has 1 aliphatic rings. The molecule has 1 fully saturated rings. The molecule has 186 valence electrons. The number of carbonyl (C=O) groups is 2. The van der Waals surface area contributed by atoms with Gasteiger partial charge in [0.25, 0.3) is 11.8 Å². The molecule has 0 aliphatic carbocycles. The van der Waals surface area contributed by atoms with Gasteiger partial charge in [-0.2, -0.15) is 4.98 Å². The lowest BCUT2D eigenvalue weighted by Crippen LogP contribution is -2.43. The van der Waals surface area contributed by atoms with Crippen molar-refractivity contribution in [2.24, 2.45) is 0 Å². The molecule has 0 atom stereocenters. The summed E-state index contributed by atoms with van der Waals surface area (Å²) in [5.74, 6) is 0.644. The normalized spacial score (nSPS) is 14.8. The number of likely N-dealkylation sites (N-methyl/N-ethyl adjacent to an activating group) is 1. The molecule has 1 aliphatic heterocycles. The van der Waals surface area contributed by atoms with Crippen LogP contribution in [0.15, 0.2) is 28.8 Å². The number of aromatic nitrogens is 2. The Bertz CT molecular complexity index is 945. The highest BCUT2D eigenvalue weighted by Gasteiger charge is 2.27. The first-order valence-electron chi connectivity index (χ1n) is 11.6. The monoisotopic (exact) mass is 474 g/mol. The van der Waals surface area contributed by atoms with E-state index < -0.39 is 5.60 Å². The summed E-state index contributed by atoms with van der Waals surface area (Å²) >= 11 is 0. The van der Waals surface area contributed by atoms with Crippen LogP contribution < -0.4 is 0 Å². The van der Waals surface area contributed by atoms with E-state index in [1.165, 1.54) is 0 Å². The van der Waals surface area contributed by atoms with Gasteiger partial charge in [-0.1, -0.05) is 5.16 Å². The summed E-state index contributed by atoms with van der Waals surface area (Å²) in [7, 11) is 0. The predicted octanol–water partition coefficient (Wildman–Crippen LogP) is 3.11. The molecule has 0 unspecified atom stereocenters. The van der Waals surface area contributed by atoms with Crippen molar-refractivity contribution in [3.63, 3.8) is 0 Å². The van der Waals surface area contributed by atoms with Gasteiger partial charge in [-0.3, -0.25) is 4.79 Å². The minimum absolute atomic E-state index is 0.00589. The largest absolute Gasteiger partial charge is 0.444 e. The van der Waals surface area contributed by atoms with Crippen molar-refractivity contribution in [1.82, 2.24) is 19.9 Å². The van der Waals surface area contributed by atoms with Crippen molar-refractivity contribution in [1.29, 1.82) is 0 Å². The molecule has 0 radical (unpaired) electrons. The third kappa shape index (κ3) is 7.01. The minimum atomic E-state index is -0.508. The lowest BCUT2D eigenvalue weighted by atomic mass is 10.1. The average Bonchev–Trinajstić information content (AvgIpc) is 3.29. The quantitative estimate of drug-likeness (QED) is 0.620. The van der Waals surface area contributed by atoms with Crippen LogP contribution in [0.3, 0.4) is 0 Å². The van der Waals surface area contributed by atoms with Gasteiger partial charge in [-0.25, -0.2) is 4.79 Å². The Kier molecular flexibility index (Phi) is 8.62. The Morgan fingerprint density at radius 2 is 1.88 bits per heavy atom. The Labute approximate surface area is 199 Å². The molecular formula is C24H34N4O6. The number of rotatable bonds is 8. The molecule has 2 aromatic rings. The van der Waals surface area contributed by atoms with E-state index in [4.69, 9.17) is 19.1 Å². The van der Waals surface area contributed by atoms with Crippen molar-refractivity contribution in [3.8, 4) is 11.5 Å². The summed E-state index contributed by atoms with van der Waals surface area (Å²) in [5.41, 5.74) is 0.720. The molecule has 1 N–H and O–H groups in total. The van der Waals surface area contributed by atoms with Gasteiger partial charge in [0.1, 0.15) is 12.2 Å². The fraction of sp³-hybridized carbons (Fsp3) is 0.583. The van der Waals surface area contributed by atoms with Crippen molar-refractivity contribution >= 4 is 12.0 Å². The number of amides is 2. The van der Waals surface area contributed by atoms with Gasteiger partial charge in [0.15, 0.2) is 5.82 Å². The first kappa shape index (κ1) is 25.6. The number of ether oxygens (including phenoxy) is 2. The number of piperidine rings is 1. The minimum Gasteiger partial charge on any atom is -0.444 e. The molecule has 0 spiro atoms. The van der Waals surface area contributed by atoms with Crippen LogP contribution in [0.4, 0.5) is 4.79 Å². The van der Waals surface area contributed by atoms with Gasteiger partial charge < -0.3 is 28.9 Å². The Balaban J connectivity index is 1.49. The number of hydrogen-bond donors (Lipinski definition) is 1. The standard InChI is InChI=1S/C24H34N4O6/c1-5-27(14-15-29)22(30)18-8-6-17(7-9-18)21-25-20(26-34-21)16-32-19-10-12-28(13-11-19)23(31)33-24(2,3)4/h6-9,19,29H,5,10-16H2,1-4H3. The molecule has 2 amide bonds. The highest BCUT2D eigenvalue weighted by molar-refractivity contribution is 5.94. The van der Waals surface area contributed by atoms with Gasteiger partial charge in [-0.15, -0.1) is 0 Å². The van der Waals surface area contributed by atoms with Crippen LogP contribution in [0.5, 0.6) is 0 Å². The lowest BCUT2D eigenvalue weighted by molar-refractivity contribution is -0.0190. The summed E-state index contributed by atoms with van der Waals surface area (Å²) in [4.78, 5) is 32.3. The molecular weight excluding hydrogens is 440 g/mol. The number of aliphatic hydroxyl groups excluding tert-OH is 1. The zero-order valence-electron chi connectivity index (χ0n) is 20.3. The van der Waals surface area contributed by atoms with E-state index in [0.717, 1.165) is 0 Å². The second-order valence-electron chi connectivity index (χ2n) is 9.18. The summed E-state index contributed by atoms with van der Waals surface area (Å²) in [6.45, 7) is 9.54. The maximum absolute atomic E-state index is 12.5. The van der Waals surface area contributed by atoms with E-state index in [2.05, 4.69) is 10.1 Å². The molecule has 10 heteroatoms. The molecule has 1 saturated heterocycles. The van der Waals surface area contributed by atoms with Gasteiger partial charge in [0.2, 0.25) is 0 Å². The zero-order chi connectivity index (χ0) is 24.7. The van der Waals surface area contributed by atoms with E-state index in [-0.39, 0.29) is 31.3 Å². The molecule has 2 heterocycles. The molecule has 1 aromatic heterocycles. The summed E-state index contributed by atoms with van der Waals surface area (Å²) < 4.78 is 16.7. The summed E-state index contributed by atoms with van der Waals surface area (Å²) in [6.07, 6.45) is 1.14. The molecule has 3 rings (SSSR count). The Hall–Kier alpha value is -2.98. The van der Waals surface area contributed by atoms with Crippen molar-refractivity contribution in [3.05, 3.63) is 35.7 Å². The van der Waals surface area contributed by atoms with Crippen molar-refractivity contribution < 1.29 is 28.7 Å². The molecule has 1 aromatic carbocycles. The van der Waals surface area contributed by atoms with Crippen LogP contribution in [0.2, 0.25) is 0 Å². The zero-order valence-corrected chi connectivity index (χ0v) is 20.3. The summed E-state index contributed by atoms with van der Waals surface area (Å²) in [5, 5.41) is 13.1. The van der Waals surface area contributed by atoms with Crippen LogP contribution in [-0.4, -0.2) is 81.5 Å². The third-order valence-electron chi connectivity index (χ3n) is 5.43. The van der Waals surface area contributed by atoms with Gasteiger partial charge in [0, 0.05) is 37.3 Å². The molecule has 34 heavy (non-hydrogen) atoms. The van der Waals surface area contributed by atoms with Crippen molar-refractivity contribution in [2.75, 3.05) is 32.8 Å². The Morgan fingerprint density at radius 3 is 2.47 bits per heavy atom. The first-order chi connectivity index (χ1) is 16.2. The van der Waals surface area contributed by atoms with Crippen LogP contribution in [0, 0.1) is 0 Å². The smallest absolute Gasteiger partial charge is 0.410 e. The van der Waals surface area contributed by atoms with Crippen LogP contribution in [0.1, 0.15) is 56.7 Å². The fourth-order valence-electron chi connectivity index (χ4n) is 3.62. The fourth-order valence-corrected chi connectivity index (χ4v) is 3.62. The number of nitrogens with zero attached hydrogens (tertiary/aromatic N) is 4. The molecule has 10 nitrogen and oxygen atoms in total. The second-order valence-corrected chi connectivity index (χ2v) is 9.18. The van der Waals surface area contributed by atoms with Crippen LogP contribution in [-0.2, 0) is 16.1 Å². The van der Waals surface area contributed by atoms with E-state index in [1.807, 2.05) is 27.7 Å². The molecule has 0 saturated carbocycles. The lowest BCUT2D eigenvalue weighted by Gasteiger charge is -2.33. The maximum Gasteiger partial charge on any atom is 0.410 e. The highest BCUT2D eigenvalue weighted by Crippen LogP contribution is 2.21. The number of benzene rings is 1. The predicted molar refractivity (Wildman–Crippen MR) is 124 cm³/mol. The number of likely N-dealkylation sites (tertiary alicyclic amines) is 1. The van der Waals surface area contributed by atoms with Gasteiger partial charge in [0.05, 0.1) is 12.7 Å². The highest BCUT2D eigenvalue weighted by atomic mass is 16.6. The van der Waals surface area contributed by atoms with E-state index in [1.54, 1.807) is 34.1 Å². The van der Waals surface area contributed by atoms with Crippen LogP contribution >= 0.6 is 0 Å². The van der Waals surface area contributed by atoms with Gasteiger partial charge >= 0.3 is 6.09 Å². The maximum atomic E-state index is 12.5. The second kappa shape index (κ2) is 11.4. The van der Waals surface area contributed by atoms with Gasteiger partial charge in [-0.05, 0) is 64.8 Å². The van der Waals surface area contributed by atoms with E-state index in [0.29, 0.717) is 61.9 Å². The third-order valence-corrected chi connectivity index (χ3v) is 5.43. The first-order valence-corrected chi connectivity index (χ1v) is 11.6. The van der Waals surface area contributed by atoms with Crippen LogP contribution in [0.25, 0.3) is 11.5 Å². The average molecular weight is 475 g/mol. The Morgan fingerprint density at radius 1 is 1.21 bits per heavy atom. The number of hydrogen-bond acceptors (Lipinski definition) is 8.